The predicted molar refractivity (Wildman–Crippen MR) is 66.9 cm³/mol. The van der Waals surface area contributed by atoms with E-state index >= 15 is 0 Å². The summed E-state index contributed by atoms with van der Waals surface area (Å²) in [5.74, 6) is 0.729. The minimum Gasteiger partial charge on any atom is -0.373 e. The minimum atomic E-state index is -0.123. The van der Waals surface area contributed by atoms with Crippen molar-refractivity contribution in [1.82, 2.24) is 0 Å². The Hall–Kier alpha value is 0.230. The SMILES string of the molecule is CC(C)(CS)OCCN.CCCCN. The van der Waals surface area contributed by atoms with Crippen LogP contribution in [0.4, 0.5) is 0 Å². The van der Waals surface area contributed by atoms with E-state index in [1.807, 2.05) is 13.8 Å². The van der Waals surface area contributed by atoms with E-state index in [0.717, 1.165) is 12.3 Å². The van der Waals surface area contributed by atoms with Crippen LogP contribution in [-0.4, -0.2) is 31.1 Å². The standard InChI is InChI=1S/C6H15NOS.C4H11N/c1-6(2,5-9)8-4-3-7;1-2-3-4-5/h9H,3-5,7H2,1-2H3;2-5H2,1H3. The number of nitrogens with two attached hydrogens (primary N) is 2. The van der Waals surface area contributed by atoms with Crippen molar-refractivity contribution in [3.05, 3.63) is 0 Å². The first-order valence-corrected chi connectivity index (χ1v) is 5.82. The van der Waals surface area contributed by atoms with E-state index in [9.17, 15) is 0 Å². The molecule has 0 spiro atoms. The molecule has 0 atom stereocenters. The van der Waals surface area contributed by atoms with Crippen LogP contribution in [-0.2, 0) is 4.74 Å². The highest BCUT2D eigenvalue weighted by Gasteiger charge is 2.14. The summed E-state index contributed by atoms with van der Waals surface area (Å²) in [5.41, 5.74) is 10.3. The fraction of sp³-hybridized carbons (Fsp3) is 1.00. The molecule has 0 amide bonds. The monoisotopic (exact) mass is 222 g/mol. The molecule has 3 nitrogen and oxygen atoms in total. The van der Waals surface area contributed by atoms with Gasteiger partial charge in [-0.2, -0.15) is 12.6 Å². The number of unbranched alkanes of at least 4 members (excludes halogenated alkanes) is 1. The molecule has 0 aliphatic carbocycles. The maximum Gasteiger partial charge on any atom is 0.0714 e. The summed E-state index contributed by atoms with van der Waals surface area (Å²) in [7, 11) is 0. The molecule has 0 fully saturated rings. The maximum atomic E-state index is 5.33. The lowest BCUT2D eigenvalue weighted by molar-refractivity contribution is 0.00604. The quantitative estimate of drug-likeness (QED) is 0.596. The highest BCUT2D eigenvalue weighted by molar-refractivity contribution is 7.80. The molecule has 0 aliphatic rings. The van der Waals surface area contributed by atoms with E-state index in [0.29, 0.717) is 13.2 Å². The summed E-state index contributed by atoms with van der Waals surface area (Å²) < 4.78 is 5.33. The van der Waals surface area contributed by atoms with Gasteiger partial charge in [0.05, 0.1) is 12.2 Å². The van der Waals surface area contributed by atoms with Gasteiger partial charge in [-0.1, -0.05) is 13.3 Å². The number of hydrogen-bond donors (Lipinski definition) is 3. The molecule has 0 saturated carbocycles. The molecule has 0 aliphatic heterocycles. The van der Waals surface area contributed by atoms with Crippen LogP contribution in [0.5, 0.6) is 0 Å². The zero-order valence-corrected chi connectivity index (χ0v) is 10.6. The van der Waals surface area contributed by atoms with E-state index in [-0.39, 0.29) is 5.60 Å². The van der Waals surface area contributed by atoms with Crippen LogP contribution in [0.1, 0.15) is 33.6 Å². The molecule has 0 bridgehead atoms. The van der Waals surface area contributed by atoms with Crippen molar-refractivity contribution in [1.29, 1.82) is 0 Å². The molecule has 0 rings (SSSR count). The van der Waals surface area contributed by atoms with Crippen molar-refractivity contribution in [2.24, 2.45) is 11.5 Å². The van der Waals surface area contributed by atoms with Gasteiger partial charge in [-0.3, -0.25) is 0 Å². The summed E-state index contributed by atoms with van der Waals surface area (Å²) in [4.78, 5) is 0. The molecule has 14 heavy (non-hydrogen) atoms. The molecular formula is C10H26N2OS. The van der Waals surface area contributed by atoms with Gasteiger partial charge in [0.2, 0.25) is 0 Å². The van der Waals surface area contributed by atoms with Gasteiger partial charge in [-0.05, 0) is 26.8 Å². The summed E-state index contributed by atoms with van der Waals surface area (Å²) in [6.45, 7) is 8.17. The second-order valence-electron chi connectivity index (χ2n) is 3.70. The average molecular weight is 222 g/mol. The smallest absolute Gasteiger partial charge is 0.0714 e. The van der Waals surface area contributed by atoms with Gasteiger partial charge in [0.25, 0.3) is 0 Å². The summed E-state index contributed by atoms with van der Waals surface area (Å²) in [6, 6.07) is 0. The molecule has 0 aromatic heterocycles. The second-order valence-corrected chi connectivity index (χ2v) is 4.01. The largest absolute Gasteiger partial charge is 0.373 e. The zero-order chi connectivity index (χ0) is 11.4. The lowest BCUT2D eigenvalue weighted by Crippen LogP contribution is -2.29. The number of ether oxygens (including phenoxy) is 1. The lowest BCUT2D eigenvalue weighted by atomic mass is 10.2. The molecule has 0 radical (unpaired) electrons. The Balaban J connectivity index is 0. The molecule has 0 aromatic carbocycles. The molecule has 88 valence electrons. The Morgan fingerprint density at radius 2 is 1.79 bits per heavy atom. The van der Waals surface area contributed by atoms with Gasteiger partial charge in [-0.15, -0.1) is 0 Å². The van der Waals surface area contributed by atoms with Gasteiger partial charge >= 0.3 is 0 Å². The van der Waals surface area contributed by atoms with E-state index in [1.165, 1.54) is 12.8 Å². The van der Waals surface area contributed by atoms with Gasteiger partial charge in [0.15, 0.2) is 0 Å². The minimum absolute atomic E-state index is 0.123. The van der Waals surface area contributed by atoms with Crippen LogP contribution in [0.3, 0.4) is 0 Å². The van der Waals surface area contributed by atoms with E-state index < -0.39 is 0 Å². The first kappa shape index (κ1) is 16.7. The van der Waals surface area contributed by atoms with E-state index in [1.54, 1.807) is 0 Å². The van der Waals surface area contributed by atoms with Crippen LogP contribution >= 0.6 is 12.6 Å². The third kappa shape index (κ3) is 14.7. The number of rotatable bonds is 6. The van der Waals surface area contributed by atoms with E-state index in [2.05, 4.69) is 19.6 Å². The van der Waals surface area contributed by atoms with Crippen LogP contribution in [0.15, 0.2) is 0 Å². The summed E-state index contributed by atoms with van der Waals surface area (Å²) in [6.07, 6.45) is 2.39. The van der Waals surface area contributed by atoms with Gasteiger partial charge in [0, 0.05) is 12.3 Å². The van der Waals surface area contributed by atoms with Crippen molar-refractivity contribution < 1.29 is 4.74 Å². The second kappa shape index (κ2) is 11.3. The molecule has 4 N–H and O–H groups in total. The van der Waals surface area contributed by atoms with Crippen molar-refractivity contribution in [3.63, 3.8) is 0 Å². The van der Waals surface area contributed by atoms with Crippen LogP contribution in [0, 0.1) is 0 Å². The van der Waals surface area contributed by atoms with Crippen LogP contribution in [0.25, 0.3) is 0 Å². The van der Waals surface area contributed by atoms with Crippen LogP contribution in [0.2, 0.25) is 0 Å². The Bertz CT molecular complexity index is 108. The van der Waals surface area contributed by atoms with E-state index in [4.69, 9.17) is 16.2 Å². The molecule has 4 heteroatoms. The third-order valence-electron chi connectivity index (χ3n) is 1.55. The Labute approximate surface area is 94.0 Å². The molecular weight excluding hydrogens is 196 g/mol. The maximum absolute atomic E-state index is 5.33. The normalized spacial score (nSPS) is 10.7. The zero-order valence-electron chi connectivity index (χ0n) is 9.75. The lowest BCUT2D eigenvalue weighted by Gasteiger charge is -2.22. The predicted octanol–water partition coefficient (Wildman–Crippen LogP) is 1.42. The summed E-state index contributed by atoms with van der Waals surface area (Å²) in [5, 5.41) is 0. The fourth-order valence-electron chi connectivity index (χ4n) is 0.585. The van der Waals surface area contributed by atoms with Crippen molar-refractivity contribution in [2.45, 2.75) is 39.2 Å². The Morgan fingerprint density at radius 3 is 2.00 bits per heavy atom. The number of thiol groups is 1. The molecule has 0 saturated heterocycles. The summed E-state index contributed by atoms with van der Waals surface area (Å²) >= 11 is 4.11. The Morgan fingerprint density at radius 1 is 1.21 bits per heavy atom. The van der Waals surface area contributed by atoms with Gasteiger partial charge in [0.1, 0.15) is 0 Å². The molecule has 0 unspecified atom stereocenters. The molecule has 0 heterocycles. The highest BCUT2D eigenvalue weighted by atomic mass is 32.1. The molecule has 0 aromatic rings. The van der Waals surface area contributed by atoms with Gasteiger partial charge < -0.3 is 16.2 Å². The first-order valence-electron chi connectivity index (χ1n) is 5.19. The van der Waals surface area contributed by atoms with Crippen molar-refractivity contribution in [2.75, 3.05) is 25.4 Å². The van der Waals surface area contributed by atoms with Crippen molar-refractivity contribution >= 4 is 12.6 Å². The Kier molecular flexibility index (Phi) is 13.4. The third-order valence-corrected chi connectivity index (χ3v) is 2.31. The number of hydrogen-bond acceptors (Lipinski definition) is 4. The van der Waals surface area contributed by atoms with Crippen LogP contribution < -0.4 is 11.5 Å². The van der Waals surface area contributed by atoms with Crippen molar-refractivity contribution in [3.8, 4) is 0 Å². The van der Waals surface area contributed by atoms with Gasteiger partial charge in [-0.25, -0.2) is 0 Å². The average Bonchev–Trinajstić information content (AvgIpc) is 2.17. The topological polar surface area (TPSA) is 61.3 Å². The first-order chi connectivity index (χ1) is 6.54. The fourth-order valence-corrected chi connectivity index (χ4v) is 0.676. The highest BCUT2D eigenvalue weighted by Crippen LogP contribution is 2.09.